The van der Waals surface area contributed by atoms with Gasteiger partial charge in [0.05, 0.1) is 21.3 Å². The van der Waals surface area contributed by atoms with Crippen molar-refractivity contribution in [3.8, 4) is 0 Å². The molecule has 3 heteroatoms. The third-order valence-corrected chi connectivity index (χ3v) is 4.54. The van der Waals surface area contributed by atoms with Gasteiger partial charge in [0.25, 0.3) is 0 Å². The molecule has 3 aromatic rings. The van der Waals surface area contributed by atoms with Gasteiger partial charge >= 0.3 is 0 Å². The predicted octanol–water partition coefficient (Wildman–Crippen LogP) is 4.13. The summed E-state index contributed by atoms with van der Waals surface area (Å²) >= 11 is 1.66. The van der Waals surface area contributed by atoms with E-state index in [1.807, 2.05) is 30.3 Å². The van der Waals surface area contributed by atoms with Crippen LogP contribution in [0.15, 0.2) is 48.5 Å². The van der Waals surface area contributed by atoms with Crippen LogP contribution in [0.1, 0.15) is 29.2 Å². The molecule has 0 aliphatic carbocycles. The summed E-state index contributed by atoms with van der Waals surface area (Å²) in [5.74, 6) is 0. The molecule has 2 aromatic carbocycles. The van der Waals surface area contributed by atoms with Crippen LogP contribution in [0.4, 0.5) is 0 Å². The fourth-order valence-corrected chi connectivity index (χ4v) is 3.27. The van der Waals surface area contributed by atoms with Crippen molar-refractivity contribution >= 4 is 21.6 Å². The lowest BCUT2D eigenvalue weighted by atomic mass is 10.0. The number of aryl methyl sites for hydroxylation is 1. The summed E-state index contributed by atoms with van der Waals surface area (Å²) in [5, 5.41) is 11.3. The normalized spacial score (nSPS) is 12.7. The van der Waals surface area contributed by atoms with Gasteiger partial charge in [0.15, 0.2) is 0 Å². The number of aliphatic hydroxyl groups is 1. The van der Waals surface area contributed by atoms with Gasteiger partial charge in [0.2, 0.25) is 0 Å². The lowest BCUT2D eigenvalue weighted by Crippen LogP contribution is -2.01. The average molecular weight is 283 g/mol. The van der Waals surface area contributed by atoms with Crippen LogP contribution in [0.3, 0.4) is 0 Å². The third-order valence-electron chi connectivity index (χ3n) is 3.48. The Labute approximate surface area is 122 Å². The Morgan fingerprint density at radius 2 is 1.85 bits per heavy atom. The number of hydrogen-bond acceptors (Lipinski definition) is 3. The fraction of sp³-hybridized carbons (Fsp3) is 0.235. The van der Waals surface area contributed by atoms with Gasteiger partial charge in [-0.15, -0.1) is 11.3 Å². The molecule has 0 aliphatic heterocycles. The van der Waals surface area contributed by atoms with E-state index >= 15 is 0 Å². The van der Waals surface area contributed by atoms with E-state index in [4.69, 9.17) is 0 Å². The topological polar surface area (TPSA) is 33.1 Å². The van der Waals surface area contributed by atoms with E-state index < -0.39 is 6.10 Å². The second-order valence-electron chi connectivity index (χ2n) is 4.89. The molecule has 102 valence electrons. The van der Waals surface area contributed by atoms with Crippen molar-refractivity contribution < 1.29 is 5.11 Å². The summed E-state index contributed by atoms with van der Waals surface area (Å²) in [6.45, 7) is 2.13. The van der Waals surface area contributed by atoms with Crippen LogP contribution >= 0.6 is 11.3 Å². The lowest BCUT2D eigenvalue weighted by Gasteiger charge is -2.09. The molecule has 0 spiro atoms. The quantitative estimate of drug-likeness (QED) is 0.781. The van der Waals surface area contributed by atoms with Gasteiger partial charge in [0.1, 0.15) is 0 Å². The monoisotopic (exact) mass is 283 g/mol. The molecular formula is C17H17NOS. The first-order valence-corrected chi connectivity index (χ1v) is 7.69. The van der Waals surface area contributed by atoms with E-state index in [0.29, 0.717) is 6.42 Å². The summed E-state index contributed by atoms with van der Waals surface area (Å²) in [6.07, 6.45) is 1.11. The molecule has 1 aromatic heterocycles. The molecule has 0 aliphatic rings. The molecule has 0 radical (unpaired) electrons. The minimum Gasteiger partial charge on any atom is -0.388 e. The van der Waals surface area contributed by atoms with Gasteiger partial charge in [-0.3, -0.25) is 0 Å². The smallest absolute Gasteiger partial charge is 0.0967 e. The van der Waals surface area contributed by atoms with E-state index in [0.717, 1.165) is 22.5 Å². The maximum atomic E-state index is 10.3. The first-order valence-electron chi connectivity index (χ1n) is 6.87. The molecule has 20 heavy (non-hydrogen) atoms. The van der Waals surface area contributed by atoms with Gasteiger partial charge < -0.3 is 5.11 Å². The van der Waals surface area contributed by atoms with Crippen molar-refractivity contribution in [1.82, 2.24) is 4.98 Å². The molecule has 0 bridgehead atoms. The summed E-state index contributed by atoms with van der Waals surface area (Å²) in [5.41, 5.74) is 3.27. The van der Waals surface area contributed by atoms with Crippen LogP contribution in [-0.2, 0) is 12.8 Å². The molecular weight excluding hydrogens is 266 g/mol. The maximum absolute atomic E-state index is 10.3. The number of benzene rings is 2. The average Bonchev–Trinajstić information content (AvgIpc) is 2.89. The van der Waals surface area contributed by atoms with Crippen molar-refractivity contribution in [2.45, 2.75) is 25.9 Å². The van der Waals surface area contributed by atoms with Gasteiger partial charge in [-0.1, -0.05) is 43.3 Å². The van der Waals surface area contributed by atoms with Gasteiger partial charge in [-0.25, -0.2) is 4.98 Å². The van der Waals surface area contributed by atoms with E-state index in [-0.39, 0.29) is 0 Å². The number of para-hydroxylation sites is 1. The van der Waals surface area contributed by atoms with Crippen molar-refractivity contribution in [3.05, 3.63) is 64.7 Å². The van der Waals surface area contributed by atoms with Crippen molar-refractivity contribution in [2.24, 2.45) is 0 Å². The second-order valence-corrected chi connectivity index (χ2v) is 6.01. The Bertz CT molecular complexity index is 669. The molecule has 3 rings (SSSR count). The molecule has 0 saturated carbocycles. The predicted molar refractivity (Wildman–Crippen MR) is 84.1 cm³/mol. The van der Waals surface area contributed by atoms with Crippen LogP contribution in [0, 0.1) is 0 Å². The lowest BCUT2D eigenvalue weighted by molar-refractivity contribution is 0.178. The highest BCUT2D eigenvalue weighted by Crippen LogP contribution is 2.26. The molecule has 2 nitrogen and oxygen atoms in total. The van der Waals surface area contributed by atoms with Crippen molar-refractivity contribution in [1.29, 1.82) is 0 Å². The summed E-state index contributed by atoms with van der Waals surface area (Å²) in [4.78, 5) is 4.57. The summed E-state index contributed by atoms with van der Waals surface area (Å²) in [7, 11) is 0. The second kappa shape index (κ2) is 5.73. The van der Waals surface area contributed by atoms with Crippen LogP contribution < -0.4 is 0 Å². The maximum Gasteiger partial charge on any atom is 0.0967 e. The first kappa shape index (κ1) is 13.3. The highest BCUT2D eigenvalue weighted by atomic mass is 32.1. The zero-order valence-corrected chi connectivity index (χ0v) is 12.2. The van der Waals surface area contributed by atoms with Gasteiger partial charge in [0, 0.05) is 6.42 Å². The molecule has 1 N–H and O–H groups in total. The molecule has 1 heterocycles. The third kappa shape index (κ3) is 2.74. The molecule has 0 saturated heterocycles. The number of aliphatic hydroxyl groups excluding tert-OH is 1. The SMILES string of the molecule is CCc1ccc(C(O)Cc2nc3ccccc3s2)cc1. The van der Waals surface area contributed by atoms with Crippen molar-refractivity contribution in [3.63, 3.8) is 0 Å². The van der Waals surface area contributed by atoms with Gasteiger partial charge in [-0.2, -0.15) is 0 Å². The van der Waals surface area contributed by atoms with Crippen LogP contribution in [0.25, 0.3) is 10.2 Å². The number of aromatic nitrogens is 1. The molecule has 1 atom stereocenters. The number of thiazole rings is 1. The Hall–Kier alpha value is -1.71. The number of fused-ring (bicyclic) bond motifs is 1. The Morgan fingerprint density at radius 1 is 1.10 bits per heavy atom. The highest BCUT2D eigenvalue weighted by Gasteiger charge is 2.12. The number of rotatable bonds is 4. The zero-order chi connectivity index (χ0) is 13.9. The van der Waals surface area contributed by atoms with E-state index in [1.54, 1.807) is 11.3 Å². The van der Waals surface area contributed by atoms with E-state index in [1.165, 1.54) is 10.3 Å². The van der Waals surface area contributed by atoms with Crippen LogP contribution in [0.5, 0.6) is 0 Å². The van der Waals surface area contributed by atoms with Crippen LogP contribution in [-0.4, -0.2) is 10.1 Å². The largest absolute Gasteiger partial charge is 0.388 e. The summed E-state index contributed by atoms with van der Waals surface area (Å²) in [6, 6.07) is 16.3. The van der Waals surface area contributed by atoms with E-state index in [9.17, 15) is 5.11 Å². The van der Waals surface area contributed by atoms with Crippen molar-refractivity contribution in [2.75, 3.05) is 0 Å². The zero-order valence-electron chi connectivity index (χ0n) is 11.4. The minimum atomic E-state index is -0.485. The first-order chi connectivity index (χ1) is 9.76. The standard InChI is InChI=1S/C17H17NOS/c1-2-12-7-9-13(10-8-12)15(19)11-17-18-14-5-3-4-6-16(14)20-17/h3-10,15,19H,2,11H2,1H3. The van der Waals surface area contributed by atoms with Crippen LogP contribution in [0.2, 0.25) is 0 Å². The molecule has 0 amide bonds. The molecule has 0 fully saturated rings. The number of hydrogen-bond donors (Lipinski definition) is 1. The fourth-order valence-electron chi connectivity index (χ4n) is 2.27. The highest BCUT2D eigenvalue weighted by molar-refractivity contribution is 7.18. The Balaban J connectivity index is 1.78. The molecule has 1 unspecified atom stereocenters. The minimum absolute atomic E-state index is 0.485. The van der Waals surface area contributed by atoms with E-state index in [2.05, 4.69) is 30.1 Å². The number of nitrogens with zero attached hydrogens (tertiary/aromatic N) is 1. The summed E-state index contributed by atoms with van der Waals surface area (Å²) < 4.78 is 1.18. The Kier molecular flexibility index (Phi) is 3.81. The Morgan fingerprint density at radius 3 is 2.55 bits per heavy atom. The van der Waals surface area contributed by atoms with Gasteiger partial charge in [-0.05, 0) is 29.7 Å².